The topological polar surface area (TPSA) is 84.2 Å². The lowest BCUT2D eigenvalue weighted by Crippen LogP contribution is -2.47. The first-order valence-electron chi connectivity index (χ1n) is 7.98. The number of hydrogen-bond donors (Lipinski definition) is 3. The van der Waals surface area contributed by atoms with E-state index in [0.717, 1.165) is 0 Å². The highest BCUT2D eigenvalue weighted by molar-refractivity contribution is 5.87. The van der Waals surface area contributed by atoms with Gasteiger partial charge in [-0.3, -0.25) is 9.59 Å². The molecule has 4 N–H and O–H groups in total. The maximum atomic E-state index is 12.7. The summed E-state index contributed by atoms with van der Waals surface area (Å²) < 4.78 is 38.2. The van der Waals surface area contributed by atoms with E-state index in [4.69, 9.17) is 5.73 Å². The molecule has 0 radical (unpaired) electrons. The number of carbonyl (C=O) groups is 2. The summed E-state index contributed by atoms with van der Waals surface area (Å²) in [4.78, 5) is 23.3. The molecule has 5 nitrogen and oxygen atoms in total. The molecule has 2 amide bonds. The largest absolute Gasteiger partial charge is 0.391 e. The summed E-state index contributed by atoms with van der Waals surface area (Å²) in [5.41, 5.74) is 5.64. The minimum absolute atomic E-state index is 0. The average Bonchev–Trinajstić information content (AvgIpc) is 2.49. The van der Waals surface area contributed by atoms with Crippen LogP contribution in [0, 0.1) is 17.8 Å². The second-order valence-electron chi connectivity index (χ2n) is 6.56. The van der Waals surface area contributed by atoms with Gasteiger partial charge in [-0.1, -0.05) is 20.3 Å². The van der Waals surface area contributed by atoms with Crippen molar-refractivity contribution in [2.75, 3.05) is 13.1 Å². The van der Waals surface area contributed by atoms with E-state index in [9.17, 15) is 22.8 Å². The van der Waals surface area contributed by atoms with Gasteiger partial charge in [-0.15, -0.1) is 12.4 Å². The number of nitrogens with one attached hydrogen (secondary N) is 2. The third kappa shape index (κ3) is 7.70. The highest BCUT2D eigenvalue weighted by Crippen LogP contribution is 2.39. The number of rotatable bonds is 6. The van der Waals surface area contributed by atoms with E-state index in [0.29, 0.717) is 12.8 Å². The number of hydrogen-bond acceptors (Lipinski definition) is 3. The van der Waals surface area contributed by atoms with Crippen LogP contribution in [-0.2, 0) is 9.59 Å². The maximum absolute atomic E-state index is 12.7. The number of amides is 2. The lowest BCUT2D eigenvalue weighted by atomic mass is 9.81. The van der Waals surface area contributed by atoms with Crippen LogP contribution < -0.4 is 16.4 Å². The van der Waals surface area contributed by atoms with Crippen molar-refractivity contribution in [2.45, 2.75) is 51.7 Å². The van der Waals surface area contributed by atoms with Gasteiger partial charge in [-0.05, 0) is 31.1 Å². The Labute approximate surface area is 146 Å². The van der Waals surface area contributed by atoms with Gasteiger partial charge in [-0.2, -0.15) is 13.2 Å². The van der Waals surface area contributed by atoms with Gasteiger partial charge in [0.25, 0.3) is 0 Å². The molecule has 0 aliphatic heterocycles. The first kappa shape index (κ1) is 23.0. The summed E-state index contributed by atoms with van der Waals surface area (Å²) in [6.07, 6.45) is -2.75. The molecular weight excluding hydrogens is 347 g/mol. The molecule has 9 heteroatoms. The van der Waals surface area contributed by atoms with Crippen LogP contribution in [0.15, 0.2) is 0 Å². The van der Waals surface area contributed by atoms with Crippen molar-refractivity contribution in [1.82, 2.24) is 10.6 Å². The van der Waals surface area contributed by atoms with Crippen molar-refractivity contribution in [3.63, 3.8) is 0 Å². The second-order valence-corrected chi connectivity index (χ2v) is 6.56. The van der Waals surface area contributed by atoms with E-state index < -0.39 is 30.0 Å². The highest BCUT2D eigenvalue weighted by Gasteiger charge is 2.42. The zero-order valence-electron chi connectivity index (χ0n) is 14.0. The Hall–Kier alpha value is -1.02. The minimum Gasteiger partial charge on any atom is -0.354 e. The molecule has 0 heterocycles. The van der Waals surface area contributed by atoms with E-state index in [2.05, 4.69) is 10.6 Å². The van der Waals surface area contributed by atoms with Gasteiger partial charge >= 0.3 is 6.18 Å². The molecule has 0 aromatic heterocycles. The minimum atomic E-state index is -4.16. The first-order chi connectivity index (χ1) is 10.6. The molecule has 3 atom stereocenters. The number of nitrogens with two attached hydrogens (primary N) is 1. The summed E-state index contributed by atoms with van der Waals surface area (Å²) in [6, 6.07) is -0.686. The Bertz CT molecular complexity index is 419. The molecular formula is C15H27ClF3N3O2. The molecule has 0 bridgehead atoms. The maximum Gasteiger partial charge on any atom is 0.391 e. The van der Waals surface area contributed by atoms with Crippen LogP contribution in [-0.4, -0.2) is 37.1 Å². The smallest absolute Gasteiger partial charge is 0.354 e. The Morgan fingerprint density at radius 2 is 1.83 bits per heavy atom. The Morgan fingerprint density at radius 3 is 2.38 bits per heavy atom. The molecule has 0 aromatic carbocycles. The fourth-order valence-corrected chi connectivity index (χ4v) is 2.68. The van der Waals surface area contributed by atoms with Crippen molar-refractivity contribution in [2.24, 2.45) is 23.5 Å². The molecule has 0 aromatic rings. The molecule has 1 saturated carbocycles. The third-order valence-corrected chi connectivity index (χ3v) is 4.28. The van der Waals surface area contributed by atoms with Gasteiger partial charge in [0.2, 0.25) is 11.8 Å². The summed E-state index contributed by atoms with van der Waals surface area (Å²) in [7, 11) is 0. The molecule has 1 aliphatic carbocycles. The molecule has 1 aliphatic rings. The van der Waals surface area contributed by atoms with Gasteiger partial charge in [0.15, 0.2) is 0 Å². The Balaban J connectivity index is 0.00000529. The predicted octanol–water partition coefficient (Wildman–Crippen LogP) is 1.99. The van der Waals surface area contributed by atoms with Crippen LogP contribution in [0.2, 0.25) is 0 Å². The molecule has 2 unspecified atom stereocenters. The van der Waals surface area contributed by atoms with Gasteiger partial charge in [-0.25, -0.2) is 0 Å². The zero-order valence-corrected chi connectivity index (χ0v) is 14.8. The van der Waals surface area contributed by atoms with E-state index in [1.54, 1.807) is 13.8 Å². The summed E-state index contributed by atoms with van der Waals surface area (Å²) >= 11 is 0. The van der Waals surface area contributed by atoms with Crippen LogP contribution in [0.5, 0.6) is 0 Å². The number of halogens is 4. The predicted molar refractivity (Wildman–Crippen MR) is 87.6 cm³/mol. The fourth-order valence-electron chi connectivity index (χ4n) is 2.68. The van der Waals surface area contributed by atoms with Gasteiger partial charge in [0, 0.05) is 6.54 Å². The standard InChI is InChI=1S/C15H26F3N3O2.ClH/c1-9(2)13(19)14(23)21-8-12(22)20-7-10-4-3-5-11(6-10)15(16,17)18;/h9-11,13H,3-8,19H2,1-2H3,(H,20,22)(H,21,23);1H/t10?,11?,13-;/m0./s1. The molecule has 0 spiro atoms. The van der Waals surface area contributed by atoms with Crippen LogP contribution >= 0.6 is 12.4 Å². The van der Waals surface area contributed by atoms with E-state index >= 15 is 0 Å². The van der Waals surface area contributed by atoms with Gasteiger partial charge in [0.1, 0.15) is 0 Å². The van der Waals surface area contributed by atoms with Crippen LogP contribution in [0.25, 0.3) is 0 Å². The zero-order chi connectivity index (χ0) is 17.6. The van der Waals surface area contributed by atoms with E-state index in [1.165, 1.54) is 0 Å². The van der Waals surface area contributed by atoms with Crippen LogP contribution in [0.4, 0.5) is 13.2 Å². The Morgan fingerprint density at radius 1 is 1.21 bits per heavy atom. The summed E-state index contributed by atoms with van der Waals surface area (Å²) in [6.45, 7) is 3.58. The first-order valence-corrected chi connectivity index (χ1v) is 7.98. The second kappa shape index (κ2) is 10.1. The lowest BCUT2D eigenvalue weighted by molar-refractivity contribution is -0.185. The highest BCUT2D eigenvalue weighted by atomic mass is 35.5. The molecule has 142 valence electrons. The number of carbonyl (C=O) groups excluding carboxylic acids is 2. The average molecular weight is 374 g/mol. The van der Waals surface area contributed by atoms with Crippen molar-refractivity contribution < 1.29 is 22.8 Å². The normalized spacial score (nSPS) is 22.5. The van der Waals surface area contributed by atoms with Crippen molar-refractivity contribution in [1.29, 1.82) is 0 Å². The monoisotopic (exact) mass is 373 g/mol. The van der Waals surface area contributed by atoms with Gasteiger partial charge in [0.05, 0.1) is 18.5 Å². The third-order valence-electron chi connectivity index (χ3n) is 4.28. The molecule has 0 saturated heterocycles. The van der Waals surface area contributed by atoms with E-state index in [1.807, 2.05) is 0 Å². The Kier molecular flexibility index (Phi) is 9.65. The van der Waals surface area contributed by atoms with Crippen molar-refractivity contribution in [3.05, 3.63) is 0 Å². The summed E-state index contributed by atoms with van der Waals surface area (Å²) in [5.74, 6) is -2.32. The molecule has 1 rings (SSSR count). The molecule has 24 heavy (non-hydrogen) atoms. The molecule has 1 fully saturated rings. The van der Waals surface area contributed by atoms with E-state index in [-0.39, 0.29) is 50.2 Å². The SMILES string of the molecule is CC(C)[C@H](N)C(=O)NCC(=O)NCC1CCCC(C(F)(F)F)C1.Cl. The van der Waals surface area contributed by atoms with Gasteiger partial charge < -0.3 is 16.4 Å². The number of alkyl halides is 3. The van der Waals surface area contributed by atoms with Crippen LogP contribution in [0.1, 0.15) is 39.5 Å². The quantitative estimate of drug-likeness (QED) is 0.665. The van der Waals surface area contributed by atoms with Crippen molar-refractivity contribution >= 4 is 24.2 Å². The van der Waals surface area contributed by atoms with Crippen LogP contribution in [0.3, 0.4) is 0 Å². The summed E-state index contributed by atoms with van der Waals surface area (Å²) in [5, 5.41) is 5.01. The lowest BCUT2D eigenvalue weighted by Gasteiger charge is -2.30. The fraction of sp³-hybridized carbons (Fsp3) is 0.867. The van der Waals surface area contributed by atoms with Crippen molar-refractivity contribution in [3.8, 4) is 0 Å².